The number of nitrogens with zero attached hydrogens (tertiary/aromatic N) is 2. The molecule has 1 heterocycles. The number of amides is 1. The lowest BCUT2D eigenvalue weighted by molar-refractivity contribution is -0.117. The van der Waals surface area contributed by atoms with Gasteiger partial charge in [0.2, 0.25) is 5.91 Å². The highest BCUT2D eigenvalue weighted by Crippen LogP contribution is 2.30. The van der Waals surface area contributed by atoms with Gasteiger partial charge in [0, 0.05) is 24.4 Å². The van der Waals surface area contributed by atoms with Gasteiger partial charge >= 0.3 is 0 Å². The molecule has 33 heavy (non-hydrogen) atoms. The molecule has 1 amide bonds. The molecule has 3 aromatic rings. The topological polar surface area (TPSA) is 74.6 Å². The van der Waals surface area contributed by atoms with Crippen molar-refractivity contribution in [2.45, 2.75) is 26.8 Å². The van der Waals surface area contributed by atoms with Crippen LogP contribution < -0.4 is 14.8 Å². The number of nitrogens with one attached hydrogen (secondary N) is 1. The van der Waals surface area contributed by atoms with E-state index in [1.165, 1.54) is 0 Å². The van der Waals surface area contributed by atoms with Gasteiger partial charge in [-0.2, -0.15) is 5.10 Å². The number of hydrogen-bond acceptors (Lipinski definition) is 5. The van der Waals surface area contributed by atoms with Crippen molar-refractivity contribution in [2.24, 2.45) is 0 Å². The molecule has 0 aliphatic rings. The number of rotatable bonds is 10. The Hall–Kier alpha value is -3.58. The Bertz CT molecular complexity index is 1110. The van der Waals surface area contributed by atoms with Crippen LogP contribution in [0.15, 0.2) is 54.6 Å². The van der Waals surface area contributed by atoms with Gasteiger partial charge in [-0.15, -0.1) is 0 Å². The van der Waals surface area contributed by atoms with Gasteiger partial charge in [-0.3, -0.25) is 4.79 Å². The summed E-state index contributed by atoms with van der Waals surface area (Å²) in [6.07, 6.45) is 3.36. The molecule has 1 N–H and O–H groups in total. The monoisotopic (exact) mass is 449 g/mol. The zero-order chi connectivity index (χ0) is 23.8. The van der Waals surface area contributed by atoms with Crippen molar-refractivity contribution in [1.82, 2.24) is 15.1 Å². The molecular weight excluding hydrogens is 418 g/mol. The maximum atomic E-state index is 12.6. The van der Waals surface area contributed by atoms with Crippen molar-refractivity contribution < 1.29 is 19.0 Å². The van der Waals surface area contributed by atoms with Gasteiger partial charge in [0.25, 0.3) is 0 Å². The first kappa shape index (κ1) is 24.1. The number of carbonyl (C=O) groups is 1. The quantitative estimate of drug-likeness (QED) is 0.367. The Morgan fingerprint density at radius 2 is 1.85 bits per heavy atom. The minimum atomic E-state index is -0.210. The smallest absolute Gasteiger partial charge is 0.244 e. The summed E-state index contributed by atoms with van der Waals surface area (Å²) < 4.78 is 18.0. The lowest BCUT2D eigenvalue weighted by Gasteiger charge is -2.16. The molecule has 7 nitrogen and oxygen atoms in total. The van der Waals surface area contributed by atoms with E-state index in [1.54, 1.807) is 20.3 Å². The number of benzene rings is 2. The zero-order valence-corrected chi connectivity index (χ0v) is 19.8. The molecule has 0 saturated carbocycles. The standard InChI is InChI=1S/C26H31N3O4/c1-18(21-11-13-24(25(17-21)32-5)33-16-15-31-4)27-26(30)14-12-23-19(2)28-29(20(23)3)22-9-7-6-8-10-22/h6-14,17-18H,15-16H2,1-5H3,(H,27,30). The molecular formula is C26H31N3O4. The average molecular weight is 450 g/mol. The maximum absolute atomic E-state index is 12.6. The van der Waals surface area contributed by atoms with Crippen molar-refractivity contribution in [3.8, 4) is 17.2 Å². The highest BCUT2D eigenvalue weighted by atomic mass is 16.5. The van der Waals surface area contributed by atoms with Gasteiger partial charge in [-0.1, -0.05) is 24.3 Å². The van der Waals surface area contributed by atoms with Crippen LogP contribution in [0.5, 0.6) is 11.5 Å². The highest BCUT2D eigenvalue weighted by molar-refractivity contribution is 5.92. The molecule has 0 aliphatic carbocycles. The molecule has 174 valence electrons. The molecule has 0 bridgehead atoms. The van der Waals surface area contributed by atoms with Crippen LogP contribution in [-0.4, -0.2) is 43.1 Å². The molecule has 0 aliphatic heterocycles. The van der Waals surface area contributed by atoms with Crippen LogP contribution in [0.25, 0.3) is 11.8 Å². The number of methoxy groups -OCH3 is 2. The van der Waals surface area contributed by atoms with Crippen LogP contribution >= 0.6 is 0 Å². The summed E-state index contributed by atoms with van der Waals surface area (Å²) in [5.41, 5.74) is 4.67. The molecule has 1 unspecified atom stereocenters. The molecule has 0 fully saturated rings. The van der Waals surface area contributed by atoms with Crippen LogP contribution in [0.3, 0.4) is 0 Å². The minimum Gasteiger partial charge on any atom is -0.493 e. The molecule has 0 saturated heterocycles. The van der Waals surface area contributed by atoms with Crippen molar-refractivity contribution in [3.63, 3.8) is 0 Å². The predicted molar refractivity (Wildman–Crippen MR) is 129 cm³/mol. The summed E-state index contributed by atoms with van der Waals surface area (Å²) in [6.45, 7) is 6.79. The zero-order valence-electron chi connectivity index (χ0n) is 19.8. The normalized spacial score (nSPS) is 12.0. The number of aryl methyl sites for hydroxylation is 1. The average Bonchev–Trinajstić information content (AvgIpc) is 3.11. The van der Waals surface area contributed by atoms with Crippen LogP contribution in [0, 0.1) is 13.8 Å². The molecule has 2 aromatic carbocycles. The predicted octanol–water partition coefficient (Wildman–Crippen LogP) is 4.41. The van der Waals surface area contributed by atoms with Gasteiger partial charge in [-0.05, 0) is 56.7 Å². The van der Waals surface area contributed by atoms with Crippen molar-refractivity contribution >= 4 is 12.0 Å². The van der Waals surface area contributed by atoms with Crippen molar-refractivity contribution in [2.75, 3.05) is 27.4 Å². The van der Waals surface area contributed by atoms with E-state index >= 15 is 0 Å². The Kier molecular flexibility index (Phi) is 8.27. The van der Waals surface area contributed by atoms with Crippen LogP contribution in [0.4, 0.5) is 0 Å². The van der Waals surface area contributed by atoms with Crippen LogP contribution in [-0.2, 0) is 9.53 Å². The Morgan fingerprint density at radius 1 is 1.09 bits per heavy atom. The van der Waals surface area contributed by atoms with Gasteiger partial charge in [0.1, 0.15) is 6.61 Å². The fourth-order valence-corrected chi connectivity index (χ4v) is 3.53. The number of ether oxygens (including phenoxy) is 3. The van der Waals surface area contributed by atoms with E-state index in [9.17, 15) is 4.79 Å². The molecule has 1 atom stereocenters. The Labute approximate surface area is 195 Å². The fourth-order valence-electron chi connectivity index (χ4n) is 3.53. The van der Waals surface area contributed by atoms with Crippen molar-refractivity contribution in [3.05, 3.63) is 77.1 Å². The fraction of sp³-hybridized carbons (Fsp3) is 0.308. The maximum Gasteiger partial charge on any atom is 0.244 e. The Morgan fingerprint density at radius 3 is 2.55 bits per heavy atom. The van der Waals surface area contributed by atoms with Crippen molar-refractivity contribution in [1.29, 1.82) is 0 Å². The summed E-state index contributed by atoms with van der Waals surface area (Å²) >= 11 is 0. The van der Waals surface area contributed by atoms with Crippen LogP contribution in [0.2, 0.25) is 0 Å². The number of carbonyl (C=O) groups excluding carboxylic acids is 1. The van der Waals surface area contributed by atoms with E-state index < -0.39 is 0 Å². The summed E-state index contributed by atoms with van der Waals surface area (Å²) in [5.74, 6) is 1.06. The number of hydrogen-bond donors (Lipinski definition) is 1. The first-order valence-corrected chi connectivity index (χ1v) is 10.8. The second-order valence-electron chi connectivity index (χ2n) is 7.65. The molecule has 1 aromatic heterocycles. The third kappa shape index (κ3) is 6.02. The summed E-state index contributed by atoms with van der Waals surface area (Å²) in [5, 5.41) is 7.62. The summed E-state index contributed by atoms with van der Waals surface area (Å²) in [4.78, 5) is 12.6. The third-order valence-electron chi connectivity index (χ3n) is 5.34. The minimum absolute atomic E-state index is 0.187. The van der Waals surface area contributed by atoms with E-state index in [4.69, 9.17) is 14.2 Å². The highest BCUT2D eigenvalue weighted by Gasteiger charge is 2.14. The van der Waals surface area contributed by atoms with E-state index in [-0.39, 0.29) is 11.9 Å². The number of para-hydroxylation sites is 1. The van der Waals surface area contributed by atoms with E-state index in [0.717, 1.165) is 28.2 Å². The van der Waals surface area contributed by atoms with Gasteiger partial charge in [0.15, 0.2) is 11.5 Å². The lowest BCUT2D eigenvalue weighted by Crippen LogP contribution is -2.24. The first-order chi connectivity index (χ1) is 15.9. The van der Waals surface area contributed by atoms with Crippen LogP contribution in [0.1, 0.15) is 35.5 Å². The number of aromatic nitrogens is 2. The summed E-state index contributed by atoms with van der Waals surface area (Å²) in [6, 6.07) is 15.3. The third-order valence-corrected chi connectivity index (χ3v) is 5.34. The van der Waals surface area contributed by atoms with E-state index in [2.05, 4.69) is 10.4 Å². The van der Waals surface area contributed by atoms with E-state index in [0.29, 0.717) is 24.7 Å². The molecule has 7 heteroatoms. The lowest BCUT2D eigenvalue weighted by atomic mass is 10.1. The van der Waals surface area contributed by atoms with Gasteiger partial charge in [-0.25, -0.2) is 4.68 Å². The molecule has 0 radical (unpaired) electrons. The second kappa shape index (κ2) is 11.3. The summed E-state index contributed by atoms with van der Waals surface area (Å²) in [7, 11) is 3.22. The SMILES string of the molecule is COCCOc1ccc(C(C)NC(=O)C=Cc2c(C)nn(-c3ccccc3)c2C)cc1OC. The second-order valence-corrected chi connectivity index (χ2v) is 7.65. The Balaban J connectivity index is 1.68. The molecule has 3 rings (SSSR count). The van der Waals surface area contributed by atoms with Gasteiger partial charge in [0.05, 0.1) is 31.1 Å². The molecule has 0 spiro atoms. The largest absolute Gasteiger partial charge is 0.493 e. The van der Waals surface area contributed by atoms with Gasteiger partial charge < -0.3 is 19.5 Å². The van der Waals surface area contributed by atoms with E-state index in [1.807, 2.05) is 80.1 Å². The first-order valence-electron chi connectivity index (χ1n) is 10.8.